The van der Waals surface area contributed by atoms with Crippen molar-refractivity contribution >= 4 is 11.8 Å². The molecule has 1 aromatic rings. The Morgan fingerprint density at radius 2 is 1.88 bits per heavy atom. The maximum atomic E-state index is 12.7. The quantitative estimate of drug-likeness (QED) is 0.810. The molecule has 1 heterocycles. The maximum Gasteiger partial charge on any atom is 0.417 e. The third-order valence-electron chi connectivity index (χ3n) is 3.23. The van der Waals surface area contributed by atoms with Gasteiger partial charge in [-0.15, -0.1) is 0 Å². The summed E-state index contributed by atoms with van der Waals surface area (Å²) in [6.07, 6.45) is -3.67. The first-order chi connectivity index (χ1) is 11.0. The number of pyridine rings is 1. The highest BCUT2D eigenvalue weighted by Crippen LogP contribution is 2.27. The van der Waals surface area contributed by atoms with E-state index in [0.29, 0.717) is 23.3 Å². The number of carbonyl (C=O) groups is 2. The predicted octanol–water partition coefficient (Wildman–Crippen LogP) is 1.14. The number of amides is 2. The largest absolute Gasteiger partial charge is 0.417 e. The molecule has 0 fully saturated rings. The van der Waals surface area contributed by atoms with E-state index in [-0.39, 0.29) is 5.92 Å². The van der Waals surface area contributed by atoms with Gasteiger partial charge >= 0.3 is 6.18 Å². The van der Waals surface area contributed by atoms with E-state index in [4.69, 9.17) is 0 Å². The van der Waals surface area contributed by atoms with E-state index in [2.05, 4.69) is 10.6 Å². The molecule has 0 saturated heterocycles. The predicted molar refractivity (Wildman–Crippen MR) is 81.2 cm³/mol. The van der Waals surface area contributed by atoms with Crippen LogP contribution in [0.3, 0.4) is 0 Å². The molecule has 0 aliphatic rings. The lowest BCUT2D eigenvalue weighted by Gasteiger charge is -2.19. The van der Waals surface area contributed by atoms with Crippen LogP contribution >= 0.6 is 0 Å². The second-order valence-corrected chi connectivity index (χ2v) is 5.75. The molecule has 0 spiro atoms. The van der Waals surface area contributed by atoms with Crippen LogP contribution in [0.1, 0.15) is 25.8 Å². The van der Waals surface area contributed by atoms with Crippen molar-refractivity contribution in [3.8, 4) is 0 Å². The fraction of sp³-hybridized carbons (Fsp3) is 0.533. The third-order valence-corrected chi connectivity index (χ3v) is 3.23. The van der Waals surface area contributed by atoms with Crippen molar-refractivity contribution in [2.45, 2.75) is 39.0 Å². The summed E-state index contributed by atoms with van der Waals surface area (Å²) in [6.45, 7) is 3.12. The van der Waals surface area contributed by atoms with Crippen molar-refractivity contribution in [1.82, 2.24) is 15.2 Å². The zero-order valence-electron chi connectivity index (χ0n) is 13.6. The number of nitrogens with one attached hydrogen (secondary N) is 2. The number of likely N-dealkylation sites (N-methyl/N-ethyl adjacent to an activating group) is 1. The highest BCUT2D eigenvalue weighted by atomic mass is 19.4. The Morgan fingerprint density at radius 3 is 2.38 bits per heavy atom. The van der Waals surface area contributed by atoms with E-state index >= 15 is 0 Å². The lowest BCUT2D eigenvalue weighted by molar-refractivity contribution is -0.138. The first kappa shape index (κ1) is 19.7. The fourth-order valence-corrected chi connectivity index (χ4v) is 2.09. The van der Waals surface area contributed by atoms with Crippen molar-refractivity contribution in [3.63, 3.8) is 0 Å². The van der Waals surface area contributed by atoms with Gasteiger partial charge in [0.05, 0.1) is 5.56 Å². The first-order valence-electron chi connectivity index (χ1n) is 7.33. The molecule has 2 N–H and O–H groups in total. The molecule has 1 rings (SSSR count). The van der Waals surface area contributed by atoms with Gasteiger partial charge < -0.3 is 15.2 Å². The van der Waals surface area contributed by atoms with Crippen molar-refractivity contribution < 1.29 is 22.8 Å². The van der Waals surface area contributed by atoms with Crippen LogP contribution in [-0.2, 0) is 22.3 Å². The molecule has 0 unspecified atom stereocenters. The molecule has 0 aliphatic heterocycles. The first-order valence-corrected chi connectivity index (χ1v) is 7.33. The van der Waals surface area contributed by atoms with Gasteiger partial charge in [-0.1, -0.05) is 13.8 Å². The number of hydrogen-bond donors (Lipinski definition) is 2. The minimum Gasteiger partial charge on any atom is -0.357 e. The van der Waals surface area contributed by atoms with Gasteiger partial charge in [-0.3, -0.25) is 14.4 Å². The molecule has 6 nitrogen and oxygen atoms in total. The van der Waals surface area contributed by atoms with Crippen LogP contribution in [0.15, 0.2) is 23.1 Å². The highest BCUT2D eigenvalue weighted by Gasteiger charge is 2.31. The standard InChI is InChI=1S/C15H20F3N3O3/c1-9(2)6-11(14(24)19-3)20-12(22)8-21-7-10(15(16,17)18)4-5-13(21)23/h4-5,7,9,11H,6,8H2,1-3H3,(H,19,24)(H,20,22)/t11-/m1/s1. The minimum atomic E-state index is -4.62. The van der Waals surface area contributed by atoms with Gasteiger partial charge in [0.25, 0.3) is 5.56 Å². The van der Waals surface area contributed by atoms with Gasteiger partial charge in [0.1, 0.15) is 12.6 Å². The number of carbonyl (C=O) groups excluding carboxylic acids is 2. The zero-order chi connectivity index (χ0) is 18.5. The molecule has 0 aliphatic carbocycles. The maximum absolute atomic E-state index is 12.7. The van der Waals surface area contributed by atoms with Crippen LogP contribution in [0.5, 0.6) is 0 Å². The number of halogens is 3. The van der Waals surface area contributed by atoms with Crippen molar-refractivity contribution in [2.75, 3.05) is 7.05 Å². The molecule has 24 heavy (non-hydrogen) atoms. The fourth-order valence-electron chi connectivity index (χ4n) is 2.09. The van der Waals surface area contributed by atoms with Gasteiger partial charge in [-0.2, -0.15) is 13.2 Å². The zero-order valence-corrected chi connectivity index (χ0v) is 13.6. The number of alkyl halides is 3. The Kier molecular flexibility index (Phi) is 6.56. The Balaban J connectivity index is 2.90. The van der Waals surface area contributed by atoms with Gasteiger partial charge in [0, 0.05) is 19.3 Å². The SMILES string of the molecule is CNC(=O)[C@@H](CC(C)C)NC(=O)Cn1cc(C(F)(F)F)ccc1=O. The summed E-state index contributed by atoms with van der Waals surface area (Å²) in [5.74, 6) is -1.01. The van der Waals surface area contributed by atoms with Gasteiger partial charge in [0.15, 0.2) is 0 Å². The lowest BCUT2D eigenvalue weighted by Crippen LogP contribution is -2.47. The Bertz CT molecular complexity index is 653. The average molecular weight is 347 g/mol. The van der Waals surface area contributed by atoms with Crippen LogP contribution in [0.25, 0.3) is 0 Å². The summed E-state index contributed by atoms with van der Waals surface area (Å²) in [7, 11) is 1.42. The molecule has 2 amide bonds. The van der Waals surface area contributed by atoms with E-state index < -0.39 is 41.7 Å². The second-order valence-electron chi connectivity index (χ2n) is 5.75. The molecule has 0 bridgehead atoms. The minimum absolute atomic E-state index is 0.115. The summed E-state index contributed by atoms with van der Waals surface area (Å²) in [4.78, 5) is 35.4. The van der Waals surface area contributed by atoms with Gasteiger partial charge in [-0.05, 0) is 18.4 Å². The van der Waals surface area contributed by atoms with Crippen molar-refractivity contribution in [2.24, 2.45) is 5.92 Å². The molecule has 0 radical (unpaired) electrons. The summed E-state index contributed by atoms with van der Waals surface area (Å²) in [5, 5.41) is 4.85. The van der Waals surface area contributed by atoms with Crippen LogP contribution in [0.2, 0.25) is 0 Å². The summed E-state index contributed by atoms with van der Waals surface area (Å²) in [5.41, 5.74) is -1.77. The van der Waals surface area contributed by atoms with Crippen LogP contribution in [0.4, 0.5) is 13.2 Å². The third kappa shape index (κ3) is 5.71. The molecule has 1 atom stereocenters. The monoisotopic (exact) mass is 347 g/mol. The van der Waals surface area contributed by atoms with E-state index in [1.54, 1.807) is 0 Å². The molecular weight excluding hydrogens is 327 g/mol. The number of nitrogens with zero attached hydrogens (tertiary/aromatic N) is 1. The van der Waals surface area contributed by atoms with Gasteiger partial charge in [0.2, 0.25) is 11.8 Å². The second kappa shape index (κ2) is 7.98. The molecule has 0 aromatic carbocycles. The van der Waals surface area contributed by atoms with E-state index in [9.17, 15) is 27.6 Å². The van der Waals surface area contributed by atoms with Crippen molar-refractivity contribution in [3.05, 3.63) is 34.2 Å². The number of rotatable bonds is 6. The summed E-state index contributed by atoms with van der Waals surface area (Å²) in [6, 6.07) is 0.590. The Morgan fingerprint density at radius 1 is 1.25 bits per heavy atom. The van der Waals surface area contributed by atoms with Crippen LogP contribution in [0, 0.1) is 5.92 Å². The summed E-state index contributed by atoms with van der Waals surface area (Å²) < 4.78 is 38.7. The van der Waals surface area contributed by atoms with E-state index in [1.165, 1.54) is 7.05 Å². The van der Waals surface area contributed by atoms with Gasteiger partial charge in [-0.25, -0.2) is 0 Å². The molecule has 9 heteroatoms. The number of aromatic nitrogens is 1. The number of hydrogen-bond acceptors (Lipinski definition) is 3. The smallest absolute Gasteiger partial charge is 0.357 e. The topological polar surface area (TPSA) is 80.2 Å². The Hall–Kier alpha value is -2.32. The van der Waals surface area contributed by atoms with Crippen LogP contribution in [-0.4, -0.2) is 29.5 Å². The molecule has 0 saturated carbocycles. The lowest BCUT2D eigenvalue weighted by atomic mass is 10.0. The molecule has 134 valence electrons. The average Bonchev–Trinajstić information content (AvgIpc) is 2.46. The van der Waals surface area contributed by atoms with Crippen LogP contribution < -0.4 is 16.2 Å². The Labute approximate surface area is 137 Å². The molecular formula is C15H20F3N3O3. The van der Waals surface area contributed by atoms with E-state index in [1.807, 2.05) is 13.8 Å². The summed E-state index contributed by atoms with van der Waals surface area (Å²) >= 11 is 0. The van der Waals surface area contributed by atoms with E-state index in [0.717, 1.165) is 6.07 Å². The normalized spacial score (nSPS) is 12.8. The van der Waals surface area contributed by atoms with Crippen molar-refractivity contribution in [1.29, 1.82) is 0 Å². The molecule has 1 aromatic heterocycles. The highest BCUT2D eigenvalue weighted by molar-refractivity contribution is 5.87.